The lowest BCUT2D eigenvalue weighted by atomic mass is 10.1. The topological polar surface area (TPSA) is 78.9 Å². The molecule has 0 aromatic rings. The van der Waals surface area contributed by atoms with E-state index in [0.717, 1.165) is 84.2 Å². The first kappa shape index (κ1) is 27.4. The van der Waals surface area contributed by atoms with Gasteiger partial charge in [0.1, 0.15) is 11.7 Å². The fraction of sp³-hybridized carbons (Fsp3) is 0.909. The fourth-order valence-corrected chi connectivity index (χ4v) is 4.30. The first-order valence-corrected chi connectivity index (χ1v) is 11.7. The number of piperazine rings is 1. The van der Waals surface area contributed by atoms with Crippen LogP contribution in [0.15, 0.2) is 4.99 Å². The summed E-state index contributed by atoms with van der Waals surface area (Å²) >= 11 is 0. The molecule has 1 N–H and O–H groups in total. The van der Waals surface area contributed by atoms with E-state index in [2.05, 4.69) is 20.1 Å². The highest BCUT2D eigenvalue weighted by Gasteiger charge is 2.32. The third-order valence-corrected chi connectivity index (χ3v) is 5.94. The van der Waals surface area contributed by atoms with Gasteiger partial charge in [-0.05, 0) is 46.6 Å². The largest absolute Gasteiger partial charge is 0.444 e. The highest BCUT2D eigenvalue weighted by atomic mass is 127. The Morgan fingerprint density at radius 1 is 1.06 bits per heavy atom. The van der Waals surface area contributed by atoms with Crippen LogP contribution in [0.25, 0.3) is 0 Å². The lowest BCUT2D eigenvalue weighted by molar-refractivity contribution is -0.0816. The minimum Gasteiger partial charge on any atom is -0.444 e. The van der Waals surface area contributed by atoms with Crippen molar-refractivity contribution in [2.24, 2.45) is 4.99 Å². The molecule has 0 aromatic heterocycles. The number of guanidine groups is 1. The molecule has 9 nitrogen and oxygen atoms in total. The number of carbonyl (C=O) groups excluding carboxylic acids is 1. The van der Waals surface area contributed by atoms with E-state index in [1.54, 1.807) is 0 Å². The van der Waals surface area contributed by atoms with E-state index in [0.29, 0.717) is 6.61 Å². The van der Waals surface area contributed by atoms with Crippen molar-refractivity contribution in [1.82, 2.24) is 20.0 Å². The molecule has 32 heavy (non-hydrogen) atoms. The van der Waals surface area contributed by atoms with Crippen molar-refractivity contribution in [3.8, 4) is 0 Å². The predicted octanol–water partition coefficient (Wildman–Crippen LogP) is 2.00. The van der Waals surface area contributed by atoms with Crippen LogP contribution in [-0.4, -0.2) is 117 Å². The molecule has 0 bridgehead atoms. The summed E-state index contributed by atoms with van der Waals surface area (Å²) in [5, 5.41) is 3.51. The van der Waals surface area contributed by atoms with E-state index in [-0.39, 0.29) is 42.3 Å². The summed E-state index contributed by atoms with van der Waals surface area (Å²) in [5.41, 5.74) is -0.441. The summed E-state index contributed by atoms with van der Waals surface area (Å²) in [6.45, 7) is 14.1. The molecule has 3 rings (SSSR count). The Bertz CT molecular complexity index is 602. The van der Waals surface area contributed by atoms with Crippen LogP contribution in [-0.2, 0) is 14.2 Å². The summed E-state index contributed by atoms with van der Waals surface area (Å²) < 4.78 is 17.2. The molecular weight excluding hydrogens is 525 g/mol. The van der Waals surface area contributed by atoms with Crippen LogP contribution in [0.2, 0.25) is 0 Å². The molecule has 0 aliphatic carbocycles. The Kier molecular flexibility index (Phi) is 11.3. The number of morpholine rings is 1. The summed E-state index contributed by atoms with van der Waals surface area (Å²) in [6, 6.07) is 0. The number of nitrogens with zero attached hydrogens (tertiary/aromatic N) is 4. The number of carbonyl (C=O) groups is 1. The van der Waals surface area contributed by atoms with Crippen molar-refractivity contribution in [2.45, 2.75) is 57.8 Å². The maximum absolute atomic E-state index is 12.2. The molecular formula is C22H42IN5O4. The molecule has 3 saturated heterocycles. The van der Waals surface area contributed by atoms with Gasteiger partial charge in [0, 0.05) is 59.5 Å². The molecule has 186 valence electrons. The van der Waals surface area contributed by atoms with E-state index in [1.165, 1.54) is 0 Å². The van der Waals surface area contributed by atoms with Gasteiger partial charge >= 0.3 is 6.09 Å². The third-order valence-electron chi connectivity index (χ3n) is 5.94. The van der Waals surface area contributed by atoms with E-state index >= 15 is 0 Å². The number of halogens is 1. The Hall–Kier alpha value is -0.850. The lowest BCUT2D eigenvalue weighted by Crippen LogP contribution is -2.53. The van der Waals surface area contributed by atoms with Gasteiger partial charge in [-0.2, -0.15) is 0 Å². The van der Waals surface area contributed by atoms with E-state index < -0.39 is 5.60 Å². The number of hydrogen-bond acceptors (Lipinski definition) is 6. The summed E-state index contributed by atoms with van der Waals surface area (Å²) in [5.74, 6) is 0.945. The van der Waals surface area contributed by atoms with Gasteiger partial charge in [0.15, 0.2) is 5.96 Å². The average molecular weight is 568 g/mol. The molecule has 1 amide bonds. The molecule has 3 heterocycles. The molecule has 0 saturated carbocycles. The van der Waals surface area contributed by atoms with E-state index in [9.17, 15) is 4.79 Å². The van der Waals surface area contributed by atoms with Gasteiger partial charge in [0.05, 0.1) is 12.7 Å². The van der Waals surface area contributed by atoms with Crippen molar-refractivity contribution in [3.05, 3.63) is 0 Å². The van der Waals surface area contributed by atoms with Crippen LogP contribution in [0, 0.1) is 0 Å². The second kappa shape index (κ2) is 13.1. The van der Waals surface area contributed by atoms with Gasteiger partial charge in [0.25, 0.3) is 0 Å². The van der Waals surface area contributed by atoms with Crippen molar-refractivity contribution in [1.29, 1.82) is 0 Å². The zero-order valence-electron chi connectivity index (χ0n) is 20.2. The summed E-state index contributed by atoms with van der Waals surface area (Å²) in [6.07, 6.45) is 3.40. The maximum Gasteiger partial charge on any atom is 0.410 e. The first-order valence-electron chi connectivity index (χ1n) is 11.7. The van der Waals surface area contributed by atoms with Crippen LogP contribution >= 0.6 is 24.0 Å². The zero-order valence-corrected chi connectivity index (χ0v) is 22.5. The molecule has 10 heteroatoms. The van der Waals surface area contributed by atoms with Gasteiger partial charge < -0.3 is 29.3 Å². The Morgan fingerprint density at radius 2 is 1.78 bits per heavy atom. The molecule has 2 unspecified atom stereocenters. The molecule has 2 atom stereocenters. The summed E-state index contributed by atoms with van der Waals surface area (Å²) in [4.78, 5) is 23.2. The maximum atomic E-state index is 12.2. The minimum absolute atomic E-state index is 0. The Labute approximate surface area is 210 Å². The molecule has 0 spiro atoms. The SMILES string of the molecule is CN=C(NCCCN1CCN(C(=O)OC(C)(C)C)CC1)N1CCOC(C2CCCO2)C1.I. The highest BCUT2D eigenvalue weighted by molar-refractivity contribution is 14.0. The van der Waals surface area contributed by atoms with Crippen LogP contribution < -0.4 is 5.32 Å². The monoisotopic (exact) mass is 567 g/mol. The zero-order chi connectivity index (χ0) is 22.3. The van der Waals surface area contributed by atoms with Crippen molar-refractivity contribution >= 4 is 36.0 Å². The number of hydrogen-bond donors (Lipinski definition) is 1. The number of amides is 1. The standard InChI is InChI=1S/C22H41N5O4.HI/c1-22(2,3)31-21(28)26-12-10-25(11-13-26)9-6-8-24-20(23-4)27-14-16-30-19(17-27)18-7-5-15-29-18;/h18-19H,5-17H2,1-4H3,(H,23,24);1H. The first-order chi connectivity index (χ1) is 14.9. The number of aliphatic imine (C=N–C) groups is 1. The predicted molar refractivity (Wildman–Crippen MR) is 136 cm³/mol. The summed E-state index contributed by atoms with van der Waals surface area (Å²) in [7, 11) is 1.84. The van der Waals surface area contributed by atoms with Crippen LogP contribution in [0.1, 0.15) is 40.0 Å². The Morgan fingerprint density at radius 3 is 2.41 bits per heavy atom. The normalized spacial score (nSPS) is 25.4. The van der Waals surface area contributed by atoms with Crippen molar-refractivity contribution in [2.75, 3.05) is 72.6 Å². The minimum atomic E-state index is -0.441. The van der Waals surface area contributed by atoms with Crippen LogP contribution in [0.4, 0.5) is 4.79 Å². The van der Waals surface area contributed by atoms with Gasteiger partial charge in [0.2, 0.25) is 0 Å². The smallest absolute Gasteiger partial charge is 0.410 e. The number of rotatable bonds is 5. The molecule has 0 radical (unpaired) electrons. The van der Waals surface area contributed by atoms with Crippen molar-refractivity contribution in [3.63, 3.8) is 0 Å². The van der Waals surface area contributed by atoms with Crippen LogP contribution in [0.3, 0.4) is 0 Å². The quantitative estimate of drug-likeness (QED) is 0.236. The van der Waals surface area contributed by atoms with Gasteiger partial charge in [-0.25, -0.2) is 4.79 Å². The second-order valence-electron chi connectivity index (χ2n) is 9.54. The Balaban J connectivity index is 0.00000363. The highest BCUT2D eigenvalue weighted by Crippen LogP contribution is 2.21. The fourth-order valence-electron chi connectivity index (χ4n) is 4.30. The number of ether oxygens (including phenoxy) is 3. The van der Waals surface area contributed by atoms with Crippen LogP contribution in [0.5, 0.6) is 0 Å². The van der Waals surface area contributed by atoms with E-state index in [1.807, 2.05) is 32.7 Å². The average Bonchev–Trinajstić information content (AvgIpc) is 3.28. The van der Waals surface area contributed by atoms with Crippen molar-refractivity contribution < 1.29 is 19.0 Å². The molecule has 3 aliphatic rings. The molecule has 3 fully saturated rings. The lowest BCUT2D eigenvalue weighted by Gasteiger charge is -2.37. The van der Waals surface area contributed by atoms with Gasteiger partial charge in [-0.1, -0.05) is 0 Å². The molecule has 0 aromatic carbocycles. The third kappa shape index (κ3) is 8.49. The van der Waals surface area contributed by atoms with Gasteiger partial charge in [-0.15, -0.1) is 24.0 Å². The second-order valence-corrected chi connectivity index (χ2v) is 9.54. The molecule has 3 aliphatic heterocycles. The van der Waals surface area contributed by atoms with Gasteiger partial charge in [-0.3, -0.25) is 9.89 Å². The number of nitrogens with one attached hydrogen (secondary N) is 1. The van der Waals surface area contributed by atoms with E-state index in [4.69, 9.17) is 14.2 Å².